The lowest BCUT2D eigenvalue weighted by Crippen LogP contribution is -2.47. The van der Waals surface area contributed by atoms with E-state index in [0.717, 1.165) is 5.69 Å². The quantitative estimate of drug-likeness (QED) is 0.757. The molecule has 1 fully saturated rings. The lowest BCUT2D eigenvalue weighted by atomic mass is 10.1. The smallest absolute Gasteiger partial charge is 0.275 e. The molecule has 2 amide bonds. The Morgan fingerprint density at radius 3 is 2.64 bits per heavy atom. The number of carbonyl (C=O) groups is 2. The second-order valence-corrected chi connectivity index (χ2v) is 6.50. The topological polar surface area (TPSA) is 104 Å². The molecule has 7 heteroatoms. The van der Waals surface area contributed by atoms with Gasteiger partial charge in [-0.25, -0.2) is 0 Å². The normalized spacial score (nSPS) is 21.7. The molecule has 0 aliphatic carbocycles. The average molecular weight is 307 g/mol. The highest BCUT2D eigenvalue weighted by atomic mass is 16.2. The Morgan fingerprint density at radius 2 is 2.09 bits per heavy atom. The summed E-state index contributed by atoms with van der Waals surface area (Å²) >= 11 is 0. The van der Waals surface area contributed by atoms with Crippen LogP contribution >= 0.6 is 0 Å². The van der Waals surface area contributed by atoms with Gasteiger partial charge in [0.15, 0.2) is 0 Å². The van der Waals surface area contributed by atoms with Gasteiger partial charge in [0.1, 0.15) is 11.7 Å². The number of nitrogens with one attached hydrogen (secondary N) is 2. The number of likely N-dealkylation sites (tertiary alicyclic amines) is 1. The molecule has 2 heterocycles. The van der Waals surface area contributed by atoms with Gasteiger partial charge in [-0.3, -0.25) is 14.7 Å². The van der Waals surface area contributed by atoms with Crippen LogP contribution in [0.5, 0.6) is 0 Å². The van der Waals surface area contributed by atoms with Gasteiger partial charge in [-0.15, -0.1) is 0 Å². The van der Waals surface area contributed by atoms with E-state index < -0.39 is 6.04 Å². The summed E-state index contributed by atoms with van der Waals surface area (Å²) in [6.45, 7) is 8.20. The Morgan fingerprint density at radius 1 is 1.41 bits per heavy atom. The number of nitrogens with two attached hydrogens (primary N) is 1. The number of amides is 2. The van der Waals surface area contributed by atoms with Crippen molar-refractivity contribution in [2.75, 3.05) is 6.54 Å². The molecule has 1 aromatic heterocycles. The number of aromatic amines is 1. The van der Waals surface area contributed by atoms with Crippen LogP contribution in [0.15, 0.2) is 6.07 Å². The van der Waals surface area contributed by atoms with E-state index in [1.54, 1.807) is 6.07 Å². The van der Waals surface area contributed by atoms with E-state index >= 15 is 0 Å². The number of carbonyl (C=O) groups excluding carboxylic acids is 2. The minimum absolute atomic E-state index is 0.0270. The molecule has 2 atom stereocenters. The van der Waals surface area contributed by atoms with Crippen LogP contribution in [0.1, 0.15) is 56.2 Å². The van der Waals surface area contributed by atoms with Gasteiger partial charge in [0.05, 0.1) is 0 Å². The summed E-state index contributed by atoms with van der Waals surface area (Å²) in [4.78, 5) is 26.4. The third kappa shape index (κ3) is 3.47. The van der Waals surface area contributed by atoms with Gasteiger partial charge >= 0.3 is 0 Å². The minimum atomic E-state index is -0.524. The fraction of sp³-hybridized carbons (Fsp3) is 0.667. The van der Waals surface area contributed by atoms with Gasteiger partial charge in [0, 0.05) is 24.3 Å². The standard InChI is InChI=1S/C15H25N5O2/c1-8(2)11-6-12(19-18-11)15(22)20-7-10(16)5-13(20)14(21)17-9(3)4/h6,8-10,13H,5,7,16H2,1-4H3,(H,17,21)(H,18,19)/t10-,13+/m1/s1. The van der Waals surface area contributed by atoms with Crippen molar-refractivity contribution in [3.05, 3.63) is 17.5 Å². The summed E-state index contributed by atoms with van der Waals surface area (Å²) in [5, 5.41) is 9.79. The molecule has 1 aliphatic rings. The zero-order chi connectivity index (χ0) is 16.4. The third-order valence-corrected chi connectivity index (χ3v) is 3.77. The number of rotatable bonds is 4. The molecule has 1 saturated heterocycles. The van der Waals surface area contributed by atoms with Gasteiger partial charge in [-0.2, -0.15) is 5.10 Å². The fourth-order valence-electron chi connectivity index (χ4n) is 2.61. The van der Waals surface area contributed by atoms with Crippen molar-refractivity contribution < 1.29 is 9.59 Å². The molecular formula is C15H25N5O2. The van der Waals surface area contributed by atoms with E-state index in [9.17, 15) is 9.59 Å². The fourth-order valence-corrected chi connectivity index (χ4v) is 2.61. The second-order valence-electron chi connectivity index (χ2n) is 6.50. The predicted octanol–water partition coefficient (Wildman–Crippen LogP) is 0.600. The van der Waals surface area contributed by atoms with Gasteiger partial charge in [-0.1, -0.05) is 13.8 Å². The Balaban J connectivity index is 2.16. The van der Waals surface area contributed by atoms with Crippen molar-refractivity contribution in [3.8, 4) is 0 Å². The SMILES string of the molecule is CC(C)NC(=O)[C@@H]1C[C@@H](N)CN1C(=O)c1cc(C(C)C)[nH]n1. The molecule has 4 N–H and O–H groups in total. The van der Waals surface area contributed by atoms with Crippen LogP contribution in [0.2, 0.25) is 0 Å². The van der Waals surface area contributed by atoms with Crippen LogP contribution < -0.4 is 11.1 Å². The lowest BCUT2D eigenvalue weighted by Gasteiger charge is -2.23. The van der Waals surface area contributed by atoms with Gasteiger partial charge in [0.2, 0.25) is 5.91 Å². The first-order chi connectivity index (χ1) is 10.3. The predicted molar refractivity (Wildman–Crippen MR) is 83.4 cm³/mol. The average Bonchev–Trinajstić information content (AvgIpc) is 3.03. The summed E-state index contributed by atoms with van der Waals surface area (Å²) < 4.78 is 0. The van der Waals surface area contributed by atoms with E-state index in [2.05, 4.69) is 15.5 Å². The molecule has 0 bridgehead atoms. The van der Waals surface area contributed by atoms with Crippen molar-refractivity contribution in [1.82, 2.24) is 20.4 Å². The van der Waals surface area contributed by atoms with E-state index in [1.807, 2.05) is 27.7 Å². The molecule has 22 heavy (non-hydrogen) atoms. The highest BCUT2D eigenvalue weighted by Crippen LogP contribution is 2.21. The minimum Gasteiger partial charge on any atom is -0.352 e. The summed E-state index contributed by atoms with van der Waals surface area (Å²) in [7, 11) is 0. The number of nitrogens with zero attached hydrogens (tertiary/aromatic N) is 2. The second kappa shape index (κ2) is 6.48. The van der Waals surface area contributed by atoms with Crippen molar-refractivity contribution in [2.24, 2.45) is 5.73 Å². The van der Waals surface area contributed by atoms with E-state index in [-0.39, 0.29) is 29.8 Å². The molecule has 1 aromatic rings. The van der Waals surface area contributed by atoms with Crippen LogP contribution in [0, 0.1) is 0 Å². The zero-order valence-corrected chi connectivity index (χ0v) is 13.6. The number of hydrogen-bond donors (Lipinski definition) is 3. The third-order valence-electron chi connectivity index (χ3n) is 3.77. The monoisotopic (exact) mass is 307 g/mol. The largest absolute Gasteiger partial charge is 0.352 e. The summed E-state index contributed by atoms with van der Waals surface area (Å²) in [6, 6.07) is 1.06. The molecule has 7 nitrogen and oxygen atoms in total. The van der Waals surface area contributed by atoms with E-state index in [0.29, 0.717) is 18.7 Å². The first kappa shape index (κ1) is 16.5. The molecule has 0 aromatic carbocycles. The Kier molecular flexibility index (Phi) is 4.85. The van der Waals surface area contributed by atoms with Gasteiger partial charge in [0.25, 0.3) is 5.91 Å². The summed E-state index contributed by atoms with van der Waals surface area (Å²) in [5.74, 6) is -0.147. The highest BCUT2D eigenvalue weighted by molar-refractivity contribution is 5.96. The summed E-state index contributed by atoms with van der Waals surface area (Å²) in [6.07, 6.45) is 0.478. The van der Waals surface area contributed by atoms with Crippen molar-refractivity contribution in [3.63, 3.8) is 0 Å². The molecular weight excluding hydrogens is 282 g/mol. The molecule has 0 saturated carbocycles. The van der Waals surface area contributed by atoms with E-state index in [1.165, 1.54) is 4.90 Å². The van der Waals surface area contributed by atoms with Gasteiger partial charge in [-0.05, 0) is 32.3 Å². The zero-order valence-electron chi connectivity index (χ0n) is 13.6. The molecule has 0 spiro atoms. The van der Waals surface area contributed by atoms with Crippen LogP contribution in [0.3, 0.4) is 0 Å². The first-order valence-corrected chi connectivity index (χ1v) is 7.71. The molecule has 0 radical (unpaired) electrons. The Hall–Kier alpha value is -1.89. The van der Waals surface area contributed by atoms with Crippen LogP contribution in [0.25, 0.3) is 0 Å². The van der Waals surface area contributed by atoms with Crippen LogP contribution in [-0.2, 0) is 4.79 Å². The maximum atomic E-state index is 12.6. The van der Waals surface area contributed by atoms with E-state index in [4.69, 9.17) is 5.73 Å². The molecule has 1 aliphatic heterocycles. The first-order valence-electron chi connectivity index (χ1n) is 7.71. The molecule has 2 rings (SSSR count). The highest BCUT2D eigenvalue weighted by Gasteiger charge is 2.39. The van der Waals surface area contributed by atoms with Crippen molar-refractivity contribution in [2.45, 2.75) is 58.2 Å². The maximum Gasteiger partial charge on any atom is 0.275 e. The Bertz CT molecular complexity index is 552. The summed E-state index contributed by atoms with van der Waals surface area (Å²) in [5.41, 5.74) is 7.18. The van der Waals surface area contributed by atoms with Crippen LogP contribution in [0.4, 0.5) is 0 Å². The number of H-pyrrole nitrogens is 1. The van der Waals surface area contributed by atoms with Crippen molar-refractivity contribution >= 4 is 11.8 Å². The van der Waals surface area contributed by atoms with Gasteiger partial charge < -0.3 is 16.0 Å². The Labute approximate surface area is 130 Å². The molecule has 0 unspecified atom stereocenters. The maximum absolute atomic E-state index is 12.6. The number of hydrogen-bond acceptors (Lipinski definition) is 4. The number of aromatic nitrogens is 2. The molecule has 122 valence electrons. The van der Waals surface area contributed by atoms with Crippen molar-refractivity contribution in [1.29, 1.82) is 0 Å². The van der Waals surface area contributed by atoms with Crippen LogP contribution in [-0.4, -0.2) is 51.6 Å². The lowest BCUT2D eigenvalue weighted by molar-refractivity contribution is -0.125.